The van der Waals surface area contributed by atoms with Gasteiger partial charge in [0.05, 0.1) is 13.2 Å². The van der Waals surface area contributed by atoms with E-state index in [2.05, 4.69) is 32.4 Å². The maximum absolute atomic E-state index is 6.25. The van der Waals surface area contributed by atoms with Crippen LogP contribution in [0.25, 0.3) is 0 Å². The van der Waals surface area contributed by atoms with Gasteiger partial charge in [0.25, 0.3) is 0 Å². The van der Waals surface area contributed by atoms with E-state index in [-0.39, 0.29) is 0 Å². The normalized spacial score (nSPS) is 20.4. The Morgan fingerprint density at radius 1 is 1.55 bits per heavy atom. The Hall–Kier alpha value is -1.07. The Kier molecular flexibility index (Phi) is 5.14. The van der Waals surface area contributed by atoms with Gasteiger partial charge in [0, 0.05) is 11.6 Å². The zero-order valence-corrected chi connectivity index (χ0v) is 7.09. The summed E-state index contributed by atoms with van der Waals surface area (Å²) >= 11 is 0. The van der Waals surface area contributed by atoms with Gasteiger partial charge in [0.2, 0.25) is 0 Å². The smallest absolute Gasteiger partial charge is 0.102 e. The summed E-state index contributed by atoms with van der Waals surface area (Å²) in [6, 6.07) is 0. The summed E-state index contributed by atoms with van der Waals surface area (Å²) in [5.41, 5.74) is 1.48. The second kappa shape index (κ2) is 5.70. The van der Waals surface area contributed by atoms with Crippen molar-refractivity contribution in [1.82, 2.24) is 0 Å². The highest BCUT2D eigenvalue weighted by Gasteiger charge is 2.03. The highest BCUT2D eigenvalue weighted by atomic mass is 15.1. The third-order valence-corrected chi connectivity index (χ3v) is 1.51. The van der Waals surface area contributed by atoms with Crippen LogP contribution in [-0.2, 0) is 0 Å². The minimum absolute atomic E-state index is 1.23. The minimum Gasteiger partial charge on any atom is -0.512 e. The molecule has 1 aliphatic rings. The van der Waals surface area contributed by atoms with E-state index in [0.29, 0.717) is 0 Å². The summed E-state index contributed by atoms with van der Waals surface area (Å²) in [5, 5.41) is 6.25. The predicted octanol–water partition coefficient (Wildman–Crippen LogP) is 0.809. The molecular weight excluding hydrogens is 136 g/mol. The van der Waals surface area contributed by atoms with Crippen LogP contribution in [0.1, 0.15) is 19.8 Å². The number of nitrogens with one attached hydrogen (secondary N) is 1. The van der Waals surface area contributed by atoms with Gasteiger partial charge in [0.1, 0.15) is 6.20 Å². The summed E-state index contributed by atoms with van der Waals surface area (Å²) < 4.78 is 0. The second-order valence-electron chi connectivity index (χ2n) is 2.55. The summed E-state index contributed by atoms with van der Waals surface area (Å²) in [6.07, 6.45) is 9.12. The molecule has 0 amide bonds. The van der Waals surface area contributed by atoms with Crippen LogP contribution in [0, 0.1) is 11.8 Å². The Labute approximate surface area is 68.4 Å². The van der Waals surface area contributed by atoms with Crippen LogP contribution < -0.4 is 4.90 Å². The van der Waals surface area contributed by atoms with E-state index in [9.17, 15) is 0 Å². The topological polar surface area (TPSA) is 28.2 Å². The molecule has 0 aromatic heterocycles. The molecule has 11 heavy (non-hydrogen) atoms. The number of hydrogen-bond donors (Lipinski definition) is 1. The molecule has 60 valence electrons. The monoisotopic (exact) mass is 150 g/mol. The number of quaternary nitrogens is 1. The molecule has 0 aliphatic carbocycles. The van der Waals surface area contributed by atoms with Crippen molar-refractivity contribution in [2.24, 2.45) is 0 Å². The molecule has 0 aromatic carbocycles. The maximum atomic E-state index is 6.25. The van der Waals surface area contributed by atoms with Gasteiger partial charge in [-0.1, -0.05) is 13.3 Å². The zero-order chi connectivity index (χ0) is 8.69. The van der Waals surface area contributed by atoms with Crippen molar-refractivity contribution in [3.63, 3.8) is 0 Å². The molecule has 1 heterocycles. The molecular formula is C9H14N2. The lowest BCUT2D eigenvalue weighted by atomic mass is 10.2. The average Bonchev–Trinajstić information content (AvgIpc) is 2.41. The van der Waals surface area contributed by atoms with Crippen LogP contribution in [0.3, 0.4) is 0 Å². The van der Waals surface area contributed by atoms with E-state index in [1.54, 1.807) is 0 Å². The van der Waals surface area contributed by atoms with E-state index in [0.717, 1.165) is 0 Å². The molecule has 1 rings (SSSR count). The highest BCUT2D eigenvalue weighted by molar-refractivity contribution is 5.17. The summed E-state index contributed by atoms with van der Waals surface area (Å²) in [5.74, 6) is 0. The van der Waals surface area contributed by atoms with Crippen LogP contribution in [0.2, 0.25) is 0 Å². The molecule has 1 aliphatic heterocycles. The van der Waals surface area contributed by atoms with E-state index in [1.807, 2.05) is 0 Å². The lowest BCUT2D eigenvalue weighted by Gasteiger charge is -1.93. The quantitative estimate of drug-likeness (QED) is 0.580. The number of allylic oxidation sites excluding steroid dienone is 2. The lowest BCUT2D eigenvalue weighted by molar-refractivity contribution is -0.763. The molecule has 0 aromatic rings. The van der Waals surface area contributed by atoms with Crippen LogP contribution in [0.5, 0.6) is 0 Å². The Morgan fingerprint density at radius 3 is 2.55 bits per heavy atom. The first kappa shape index (κ1) is 9.93. The molecule has 2 nitrogen and oxygen atoms in total. The number of hydrogen-bond acceptors (Lipinski definition) is 1. The highest BCUT2D eigenvalue weighted by Crippen LogP contribution is 2.05. The van der Waals surface area contributed by atoms with Gasteiger partial charge in [-0.05, 0) is 6.42 Å². The fourth-order valence-electron chi connectivity index (χ4n) is 1.07. The Balaban J connectivity index is 0.000000461. The molecule has 0 radical (unpaired) electrons. The summed E-state index contributed by atoms with van der Waals surface area (Å²) in [4.78, 5) is 1.39. The van der Waals surface area contributed by atoms with Crippen molar-refractivity contribution in [3.8, 4) is 0 Å². The summed E-state index contributed by atoms with van der Waals surface area (Å²) in [6.45, 7) is 6.96. The first-order chi connectivity index (χ1) is 5.33. The van der Waals surface area contributed by atoms with Crippen molar-refractivity contribution in [2.45, 2.75) is 19.8 Å². The largest absolute Gasteiger partial charge is 0.512 e. The second-order valence-corrected chi connectivity index (χ2v) is 2.55. The van der Waals surface area contributed by atoms with Crippen molar-refractivity contribution in [2.75, 3.05) is 7.05 Å². The molecule has 2 heteroatoms. The first-order valence-corrected chi connectivity index (χ1v) is 3.77. The van der Waals surface area contributed by atoms with Gasteiger partial charge in [0.15, 0.2) is 0 Å². The fraction of sp³-hybridized carbons (Fsp3) is 0.444. The molecule has 0 bridgehead atoms. The Morgan fingerprint density at radius 2 is 2.18 bits per heavy atom. The van der Waals surface area contributed by atoms with E-state index in [1.165, 1.54) is 23.3 Å². The van der Waals surface area contributed by atoms with Gasteiger partial charge in [-0.3, -0.25) is 4.90 Å². The molecule has 1 unspecified atom stereocenters. The van der Waals surface area contributed by atoms with Gasteiger partial charge in [-0.25, -0.2) is 0 Å². The van der Waals surface area contributed by atoms with Gasteiger partial charge >= 0.3 is 0 Å². The SMILES string of the molecule is CCCC1=C[NH+](C)C=C1.[C-]#N. The van der Waals surface area contributed by atoms with Crippen LogP contribution in [-0.4, -0.2) is 7.05 Å². The molecule has 1 N–H and O–H groups in total. The van der Waals surface area contributed by atoms with Crippen LogP contribution in [0.4, 0.5) is 0 Å². The van der Waals surface area contributed by atoms with Crippen molar-refractivity contribution in [1.29, 1.82) is 5.26 Å². The van der Waals surface area contributed by atoms with Gasteiger partial charge in [-0.15, -0.1) is 0 Å². The molecule has 0 fully saturated rings. The summed E-state index contributed by atoms with van der Waals surface area (Å²) in [7, 11) is 2.14. The van der Waals surface area contributed by atoms with Gasteiger partial charge < -0.3 is 11.8 Å². The van der Waals surface area contributed by atoms with Crippen LogP contribution in [0.15, 0.2) is 24.0 Å². The van der Waals surface area contributed by atoms with Crippen LogP contribution >= 0.6 is 0 Å². The minimum atomic E-state index is 1.23. The Bertz CT molecular complexity index is 177. The van der Waals surface area contributed by atoms with Crippen molar-refractivity contribution < 1.29 is 4.90 Å². The maximum Gasteiger partial charge on any atom is 0.102 e. The van der Waals surface area contributed by atoms with Crippen molar-refractivity contribution >= 4 is 0 Å². The zero-order valence-electron chi connectivity index (χ0n) is 7.09. The van der Waals surface area contributed by atoms with E-state index in [4.69, 9.17) is 11.8 Å². The fourth-order valence-corrected chi connectivity index (χ4v) is 1.07. The first-order valence-electron chi connectivity index (χ1n) is 3.77. The lowest BCUT2D eigenvalue weighted by Crippen LogP contribution is -2.98. The average molecular weight is 150 g/mol. The molecule has 1 atom stereocenters. The third-order valence-electron chi connectivity index (χ3n) is 1.51. The molecule has 0 saturated heterocycles. The number of rotatable bonds is 2. The predicted molar refractivity (Wildman–Crippen MR) is 44.0 cm³/mol. The standard InChI is InChI=1S/C8H13N.CN/c1-3-4-8-5-6-9(2)7-8;1-2/h5-7H,3-4H2,1-2H3;/q;-1/p+1. The van der Waals surface area contributed by atoms with Crippen molar-refractivity contribution in [3.05, 3.63) is 30.6 Å². The number of nitrogens with zero attached hydrogens (tertiary/aromatic N) is 1. The molecule has 0 saturated carbocycles. The molecule has 0 spiro atoms. The van der Waals surface area contributed by atoms with E-state index < -0.39 is 0 Å². The van der Waals surface area contributed by atoms with E-state index >= 15 is 0 Å². The third kappa shape index (κ3) is 3.59. The van der Waals surface area contributed by atoms with Gasteiger partial charge in [-0.2, -0.15) is 0 Å².